The number of benzene rings is 1. The van der Waals surface area contributed by atoms with E-state index in [2.05, 4.69) is 6.07 Å². The van der Waals surface area contributed by atoms with Crippen LogP contribution < -0.4 is 0 Å². The van der Waals surface area contributed by atoms with Gasteiger partial charge in [0.1, 0.15) is 0 Å². The molecule has 2 atom stereocenters. The first-order valence-corrected chi connectivity index (χ1v) is 6.65. The van der Waals surface area contributed by atoms with Gasteiger partial charge in [-0.25, -0.2) is 0 Å². The lowest BCUT2D eigenvalue weighted by molar-refractivity contribution is -0.143. The van der Waals surface area contributed by atoms with Gasteiger partial charge >= 0.3 is 5.97 Å². The highest BCUT2D eigenvalue weighted by atomic mass is 16.5. The maximum absolute atomic E-state index is 11.4. The molecule has 0 amide bonds. The largest absolute Gasteiger partial charge is 0.466 e. The predicted octanol–water partition coefficient (Wildman–Crippen LogP) is 2.94. The number of aliphatic hydroxyl groups excluding tert-OH is 1. The van der Waals surface area contributed by atoms with Crippen LogP contribution in [0.2, 0.25) is 0 Å². The number of fused-ring (bicyclic) bond motifs is 1. The van der Waals surface area contributed by atoms with Gasteiger partial charge in [-0.15, -0.1) is 0 Å². The summed E-state index contributed by atoms with van der Waals surface area (Å²) in [7, 11) is 0. The molecule has 3 nitrogen and oxygen atoms in total. The van der Waals surface area contributed by atoms with E-state index in [9.17, 15) is 9.90 Å². The van der Waals surface area contributed by atoms with Crippen molar-refractivity contribution < 1.29 is 14.6 Å². The standard InChI is InChI=1S/C15H20O3/c1-2-18-15(17)10-8-11-7-9-14(16)13-6-4-3-5-12(11)13/h3-6,11,14,16H,2,7-10H2,1H3. The van der Waals surface area contributed by atoms with E-state index >= 15 is 0 Å². The molecule has 1 aliphatic rings. The van der Waals surface area contributed by atoms with Crippen LogP contribution in [0.4, 0.5) is 0 Å². The van der Waals surface area contributed by atoms with E-state index in [-0.39, 0.29) is 12.1 Å². The minimum atomic E-state index is -0.347. The van der Waals surface area contributed by atoms with Gasteiger partial charge in [0.25, 0.3) is 0 Å². The Morgan fingerprint density at radius 1 is 1.33 bits per heavy atom. The van der Waals surface area contributed by atoms with Gasteiger partial charge in [0, 0.05) is 6.42 Å². The summed E-state index contributed by atoms with van der Waals surface area (Å²) in [4.78, 5) is 11.4. The normalized spacial score (nSPS) is 22.3. The van der Waals surface area contributed by atoms with E-state index in [0.29, 0.717) is 18.9 Å². The summed E-state index contributed by atoms with van der Waals surface area (Å²) in [5.41, 5.74) is 2.22. The smallest absolute Gasteiger partial charge is 0.305 e. The van der Waals surface area contributed by atoms with Crippen molar-refractivity contribution in [1.82, 2.24) is 0 Å². The lowest BCUT2D eigenvalue weighted by Crippen LogP contribution is -2.15. The van der Waals surface area contributed by atoms with Crippen LogP contribution in [0.25, 0.3) is 0 Å². The second kappa shape index (κ2) is 6.01. The fraction of sp³-hybridized carbons (Fsp3) is 0.533. The van der Waals surface area contributed by atoms with Gasteiger partial charge < -0.3 is 9.84 Å². The van der Waals surface area contributed by atoms with Crippen LogP contribution in [0.15, 0.2) is 24.3 Å². The highest BCUT2D eigenvalue weighted by molar-refractivity contribution is 5.69. The van der Waals surface area contributed by atoms with Crippen molar-refractivity contribution in [2.75, 3.05) is 6.61 Å². The van der Waals surface area contributed by atoms with E-state index in [1.807, 2.05) is 25.1 Å². The van der Waals surface area contributed by atoms with Crippen LogP contribution in [0.5, 0.6) is 0 Å². The summed E-state index contributed by atoms with van der Waals surface area (Å²) in [5, 5.41) is 9.95. The van der Waals surface area contributed by atoms with Crippen molar-refractivity contribution in [1.29, 1.82) is 0 Å². The summed E-state index contributed by atoms with van der Waals surface area (Å²) >= 11 is 0. The molecule has 0 saturated carbocycles. The van der Waals surface area contributed by atoms with Crippen molar-refractivity contribution in [2.24, 2.45) is 0 Å². The van der Waals surface area contributed by atoms with Crippen LogP contribution in [0.3, 0.4) is 0 Å². The van der Waals surface area contributed by atoms with Gasteiger partial charge in [-0.3, -0.25) is 4.79 Å². The number of ether oxygens (including phenoxy) is 1. The van der Waals surface area contributed by atoms with Crippen molar-refractivity contribution in [3.05, 3.63) is 35.4 Å². The summed E-state index contributed by atoms with van der Waals surface area (Å²) < 4.78 is 4.95. The lowest BCUT2D eigenvalue weighted by Gasteiger charge is -2.28. The third kappa shape index (κ3) is 2.91. The van der Waals surface area contributed by atoms with Crippen LogP contribution in [0.1, 0.15) is 55.8 Å². The molecule has 2 rings (SSSR count). The molecule has 18 heavy (non-hydrogen) atoms. The highest BCUT2D eigenvalue weighted by Gasteiger charge is 2.25. The molecule has 0 spiro atoms. The first-order chi connectivity index (χ1) is 8.72. The van der Waals surface area contributed by atoms with Gasteiger partial charge in [0.2, 0.25) is 0 Å². The number of carbonyl (C=O) groups is 1. The van der Waals surface area contributed by atoms with E-state index in [0.717, 1.165) is 24.8 Å². The van der Waals surface area contributed by atoms with Crippen LogP contribution in [0, 0.1) is 0 Å². The van der Waals surface area contributed by atoms with E-state index in [1.54, 1.807) is 0 Å². The van der Waals surface area contributed by atoms with E-state index in [4.69, 9.17) is 4.74 Å². The molecule has 0 fully saturated rings. The third-order valence-corrected chi connectivity index (χ3v) is 3.59. The molecule has 0 aliphatic heterocycles. The Labute approximate surface area is 108 Å². The Kier molecular flexibility index (Phi) is 4.37. The van der Waals surface area contributed by atoms with Gasteiger partial charge in [-0.05, 0) is 43.2 Å². The lowest BCUT2D eigenvalue weighted by atomic mass is 9.79. The number of carbonyl (C=O) groups excluding carboxylic acids is 1. The van der Waals surface area contributed by atoms with E-state index in [1.165, 1.54) is 5.56 Å². The zero-order chi connectivity index (χ0) is 13.0. The Morgan fingerprint density at radius 2 is 2.06 bits per heavy atom. The SMILES string of the molecule is CCOC(=O)CCC1CCC(O)c2ccccc21. The zero-order valence-electron chi connectivity index (χ0n) is 10.8. The van der Waals surface area contributed by atoms with Crippen molar-refractivity contribution >= 4 is 5.97 Å². The number of esters is 1. The van der Waals surface area contributed by atoms with Gasteiger partial charge in [-0.2, -0.15) is 0 Å². The summed E-state index contributed by atoms with van der Waals surface area (Å²) in [6, 6.07) is 7.99. The van der Waals surface area contributed by atoms with Crippen LogP contribution in [-0.4, -0.2) is 17.7 Å². The minimum absolute atomic E-state index is 0.124. The molecule has 1 aliphatic carbocycles. The van der Waals surface area contributed by atoms with Gasteiger partial charge in [0.15, 0.2) is 0 Å². The molecule has 2 unspecified atom stereocenters. The van der Waals surface area contributed by atoms with Crippen molar-refractivity contribution in [3.8, 4) is 0 Å². The fourth-order valence-electron chi connectivity index (χ4n) is 2.68. The summed E-state index contributed by atoms with van der Waals surface area (Å²) in [6.45, 7) is 2.27. The van der Waals surface area contributed by atoms with Gasteiger partial charge in [0.05, 0.1) is 12.7 Å². The first-order valence-electron chi connectivity index (χ1n) is 6.65. The molecule has 3 heteroatoms. The Hall–Kier alpha value is -1.35. The third-order valence-electron chi connectivity index (χ3n) is 3.59. The molecule has 0 radical (unpaired) electrons. The fourth-order valence-corrected chi connectivity index (χ4v) is 2.68. The Balaban J connectivity index is 2.03. The average Bonchev–Trinajstić information content (AvgIpc) is 2.39. The van der Waals surface area contributed by atoms with Crippen molar-refractivity contribution in [2.45, 2.75) is 44.6 Å². The van der Waals surface area contributed by atoms with Crippen LogP contribution in [-0.2, 0) is 9.53 Å². The molecule has 0 heterocycles. The van der Waals surface area contributed by atoms with E-state index < -0.39 is 0 Å². The molecule has 1 aromatic carbocycles. The molecule has 1 aromatic rings. The Morgan fingerprint density at radius 3 is 2.78 bits per heavy atom. The quantitative estimate of drug-likeness (QED) is 0.833. The summed E-state index contributed by atoms with van der Waals surface area (Å²) in [5.74, 6) is 0.245. The second-order valence-corrected chi connectivity index (χ2v) is 4.76. The van der Waals surface area contributed by atoms with Gasteiger partial charge in [-0.1, -0.05) is 24.3 Å². The Bertz CT molecular complexity index is 414. The molecule has 0 saturated heterocycles. The zero-order valence-corrected chi connectivity index (χ0v) is 10.8. The molecular formula is C15H20O3. The predicted molar refractivity (Wildman–Crippen MR) is 69.2 cm³/mol. The van der Waals surface area contributed by atoms with Crippen molar-refractivity contribution in [3.63, 3.8) is 0 Å². The maximum Gasteiger partial charge on any atom is 0.305 e. The number of aliphatic hydroxyl groups is 1. The summed E-state index contributed by atoms with van der Waals surface area (Å²) in [6.07, 6.45) is 2.65. The molecular weight excluding hydrogens is 228 g/mol. The average molecular weight is 248 g/mol. The van der Waals surface area contributed by atoms with Crippen LogP contribution >= 0.6 is 0 Å². The number of hydrogen-bond acceptors (Lipinski definition) is 3. The minimum Gasteiger partial charge on any atom is -0.466 e. The molecule has 98 valence electrons. The maximum atomic E-state index is 11.4. The number of hydrogen-bond donors (Lipinski definition) is 1. The monoisotopic (exact) mass is 248 g/mol. The highest BCUT2D eigenvalue weighted by Crippen LogP contribution is 2.39. The number of rotatable bonds is 4. The second-order valence-electron chi connectivity index (χ2n) is 4.76. The first kappa shape index (κ1) is 13.1. The molecule has 0 aromatic heterocycles. The molecule has 1 N–H and O–H groups in total. The molecule has 0 bridgehead atoms. The topological polar surface area (TPSA) is 46.5 Å².